The van der Waals surface area contributed by atoms with E-state index < -0.39 is 42.8 Å². The van der Waals surface area contributed by atoms with Crippen LogP contribution in [0.25, 0.3) is 0 Å². The Morgan fingerprint density at radius 1 is 1.16 bits per heavy atom. The van der Waals surface area contributed by atoms with E-state index in [0.29, 0.717) is 5.56 Å². The van der Waals surface area contributed by atoms with Gasteiger partial charge in [-0.15, -0.1) is 0 Å². The molecule has 7 nitrogen and oxygen atoms in total. The van der Waals surface area contributed by atoms with Crippen molar-refractivity contribution in [1.29, 1.82) is 0 Å². The zero-order valence-electron chi connectivity index (χ0n) is 14.7. The Morgan fingerprint density at radius 2 is 1.72 bits per heavy atom. The number of hydrogen-bond donors (Lipinski definition) is 1. The summed E-state index contributed by atoms with van der Waals surface area (Å²) in [7, 11) is -3.74. The van der Waals surface area contributed by atoms with Crippen LogP contribution in [0.5, 0.6) is 0 Å². The summed E-state index contributed by atoms with van der Waals surface area (Å²) in [6, 6.07) is 8.68. The van der Waals surface area contributed by atoms with Gasteiger partial charge in [0.15, 0.2) is 7.37 Å². The summed E-state index contributed by atoms with van der Waals surface area (Å²) in [5, 5.41) is 0. The van der Waals surface area contributed by atoms with Crippen molar-refractivity contribution in [3.05, 3.63) is 35.9 Å². The van der Waals surface area contributed by atoms with Crippen molar-refractivity contribution in [2.45, 2.75) is 33.0 Å². The van der Waals surface area contributed by atoms with E-state index in [9.17, 15) is 23.8 Å². The molecule has 2 atom stereocenters. The van der Waals surface area contributed by atoms with Gasteiger partial charge >= 0.3 is 11.9 Å². The van der Waals surface area contributed by atoms with Gasteiger partial charge in [0.25, 0.3) is 5.78 Å². The first-order valence-electron chi connectivity index (χ1n) is 7.66. The largest absolute Gasteiger partial charge is 0.459 e. The highest BCUT2D eigenvalue weighted by Crippen LogP contribution is 2.38. The minimum atomic E-state index is -3.74. The number of esters is 2. The van der Waals surface area contributed by atoms with Gasteiger partial charge in [-0.2, -0.15) is 0 Å². The Morgan fingerprint density at radius 3 is 2.20 bits per heavy atom. The molecule has 0 fully saturated rings. The van der Waals surface area contributed by atoms with Crippen LogP contribution in [-0.4, -0.2) is 41.0 Å². The van der Waals surface area contributed by atoms with E-state index in [0.717, 1.165) is 6.66 Å². The molecule has 0 saturated heterocycles. The van der Waals surface area contributed by atoms with Crippen molar-refractivity contribution in [2.75, 3.05) is 12.8 Å². The molecule has 25 heavy (non-hydrogen) atoms. The molecular formula is C17H23O7P. The number of ketones is 1. The van der Waals surface area contributed by atoms with Gasteiger partial charge in [0.2, 0.25) is 0 Å². The maximum atomic E-state index is 12.3. The van der Waals surface area contributed by atoms with Gasteiger partial charge in [-0.1, -0.05) is 30.3 Å². The summed E-state index contributed by atoms with van der Waals surface area (Å²) in [5.74, 6) is -5.14. The van der Waals surface area contributed by atoms with Gasteiger partial charge in [-0.3, -0.25) is 14.2 Å². The van der Waals surface area contributed by atoms with Crippen LogP contribution in [0.4, 0.5) is 0 Å². The molecule has 0 radical (unpaired) electrons. The van der Waals surface area contributed by atoms with Crippen LogP contribution < -0.4 is 0 Å². The Hall–Kier alpha value is -1.98. The molecule has 0 heterocycles. The molecule has 8 heteroatoms. The third-order valence-corrected chi connectivity index (χ3v) is 3.99. The normalized spacial score (nSPS) is 14.9. The fourth-order valence-electron chi connectivity index (χ4n) is 1.91. The van der Waals surface area contributed by atoms with Crippen LogP contribution in [0, 0.1) is 5.92 Å². The van der Waals surface area contributed by atoms with Gasteiger partial charge < -0.3 is 14.4 Å². The van der Waals surface area contributed by atoms with Gasteiger partial charge in [0.05, 0.1) is 0 Å². The van der Waals surface area contributed by atoms with E-state index in [4.69, 9.17) is 9.47 Å². The van der Waals surface area contributed by atoms with Gasteiger partial charge in [-0.05, 0) is 26.3 Å². The summed E-state index contributed by atoms with van der Waals surface area (Å²) in [5.41, 5.74) is -0.239. The second-order valence-corrected chi connectivity index (χ2v) is 9.21. The number of carbonyl (C=O) groups is 3. The molecule has 0 saturated carbocycles. The Bertz CT molecular complexity index is 670. The quantitative estimate of drug-likeness (QED) is 0.339. The molecule has 0 bridgehead atoms. The number of hydrogen-bond acceptors (Lipinski definition) is 6. The lowest BCUT2D eigenvalue weighted by Crippen LogP contribution is -2.38. The highest BCUT2D eigenvalue weighted by Gasteiger charge is 2.39. The van der Waals surface area contributed by atoms with Crippen molar-refractivity contribution < 1.29 is 33.3 Å². The highest BCUT2D eigenvalue weighted by atomic mass is 31.2. The summed E-state index contributed by atoms with van der Waals surface area (Å²) < 4.78 is 21.6. The molecule has 2 unspecified atom stereocenters. The molecule has 1 aromatic rings. The standard InChI is InChI=1S/C17H23O7P/c1-17(2,3)24-15(19)13(11-25(4,21)22)14(18)16(20)23-10-12-8-6-5-7-9-12/h5-9,13H,10-11H2,1-4H3,(H,21,22). The van der Waals surface area contributed by atoms with Crippen LogP contribution in [0.1, 0.15) is 26.3 Å². The Labute approximate surface area is 146 Å². The average molecular weight is 370 g/mol. The molecule has 0 aliphatic heterocycles. The van der Waals surface area contributed by atoms with E-state index in [1.807, 2.05) is 0 Å². The van der Waals surface area contributed by atoms with E-state index in [2.05, 4.69) is 0 Å². The summed E-state index contributed by atoms with van der Waals surface area (Å²) in [4.78, 5) is 45.9. The molecule has 0 amide bonds. The lowest BCUT2D eigenvalue weighted by Gasteiger charge is -2.23. The molecule has 0 aromatic heterocycles. The fraction of sp³-hybridized carbons (Fsp3) is 0.471. The number of carbonyl (C=O) groups excluding carboxylic acids is 3. The third-order valence-electron chi connectivity index (χ3n) is 2.94. The first-order valence-corrected chi connectivity index (χ1v) is 9.95. The zero-order valence-corrected chi connectivity index (χ0v) is 15.6. The molecule has 1 rings (SSSR count). The average Bonchev–Trinajstić information content (AvgIpc) is 2.48. The predicted octanol–water partition coefficient (Wildman–Crippen LogP) is 2.16. The SMILES string of the molecule is CC(C)(C)OC(=O)C(CP(C)(=O)O)C(=O)C(=O)OCc1ccccc1. The Kier molecular flexibility index (Phi) is 7.08. The number of ether oxygens (including phenoxy) is 2. The Balaban J connectivity index is 2.85. The first-order chi connectivity index (χ1) is 11.4. The van der Waals surface area contributed by atoms with E-state index in [1.165, 1.54) is 0 Å². The predicted molar refractivity (Wildman–Crippen MR) is 91.2 cm³/mol. The molecule has 1 N–H and O–H groups in total. The number of Topliss-reactive ketones (excluding diaryl/α,β-unsaturated/α-hetero) is 1. The maximum absolute atomic E-state index is 12.3. The molecule has 0 aliphatic carbocycles. The monoisotopic (exact) mass is 370 g/mol. The topological polar surface area (TPSA) is 107 Å². The van der Waals surface area contributed by atoms with E-state index >= 15 is 0 Å². The maximum Gasteiger partial charge on any atom is 0.375 e. The lowest BCUT2D eigenvalue weighted by molar-refractivity contribution is -0.167. The summed E-state index contributed by atoms with van der Waals surface area (Å²) >= 11 is 0. The third kappa shape index (κ3) is 8.09. The first kappa shape index (κ1) is 21.1. The van der Waals surface area contributed by atoms with Crippen LogP contribution in [0.15, 0.2) is 30.3 Å². The minimum absolute atomic E-state index is 0.143. The fourth-order valence-corrected chi connectivity index (χ4v) is 2.91. The highest BCUT2D eigenvalue weighted by molar-refractivity contribution is 7.57. The second-order valence-electron chi connectivity index (χ2n) is 6.75. The van der Waals surface area contributed by atoms with Crippen molar-refractivity contribution in [3.63, 3.8) is 0 Å². The lowest BCUT2D eigenvalue weighted by atomic mass is 10.1. The van der Waals surface area contributed by atoms with Gasteiger partial charge in [-0.25, -0.2) is 4.79 Å². The number of benzene rings is 1. The summed E-state index contributed by atoms with van der Waals surface area (Å²) in [6.45, 7) is 5.63. The molecule has 138 valence electrons. The smallest absolute Gasteiger partial charge is 0.375 e. The van der Waals surface area contributed by atoms with Crippen molar-refractivity contribution in [3.8, 4) is 0 Å². The van der Waals surface area contributed by atoms with Crippen LogP contribution >= 0.6 is 7.37 Å². The van der Waals surface area contributed by atoms with E-state index in [1.54, 1.807) is 51.1 Å². The van der Waals surface area contributed by atoms with Crippen molar-refractivity contribution in [2.24, 2.45) is 5.92 Å². The minimum Gasteiger partial charge on any atom is -0.459 e. The van der Waals surface area contributed by atoms with Crippen LogP contribution in [-0.2, 0) is 35.0 Å². The van der Waals surface area contributed by atoms with Crippen molar-refractivity contribution in [1.82, 2.24) is 0 Å². The summed E-state index contributed by atoms with van der Waals surface area (Å²) in [6.07, 6.45) is -0.679. The molecule has 0 aliphatic rings. The molecular weight excluding hydrogens is 347 g/mol. The van der Waals surface area contributed by atoms with Crippen molar-refractivity contribution >= 4 is 25.1 Å². The van der Waals surface area contributed by atoms with E-state index in [-0.39, 0.29) is 6.61 Å². The zero-order chi connectivity index (χ0) is 19.3. The van der Waals surface area contributed by atoms with Gasteiger partial charge in [0, 0.05) is 12.8 Å². The van der Waals surface area contributed by atoms with Crippen LogP contribution in [0.2, 0.25) is 0 Å². The van der Waals surface area contributed by atoms with Gasteiger partial charge in [0.1, 0.15) is 18.1 Å². The molecule has 1 aromatic carbocycles. The second kappa shape index (κ2) is 8.41. The van der Waals surface area contributed by atoms with Crippen LogP contribution in [0.3, 0.4) is 0 Å². The number of rotatable bonds is 7. The molecule has 0 spiro atoms.